The Morgan fingerprint density at radius 2 is 1.73 bits per heavy atom. The van der Waals surface area contributed by atoms with E-state index in [2.05, 4.69) is 15.5 Å². The smallest absolute Gasteiger partial charge is 0.312 e. The summed E-state index contributed by atoms with van der Waals surface area (Å²) >= 11 is 12.0. The third kappa shape index (κ3) is 4.31. The third-order valence-electron chi connectivity index (χ3n) is 4.78. The van der Waals surface area contributed by atoms with Crippen LogP contribution in [0.15, 0.2) is 18.2 Å². The van der Waals surface area contributed by atoms with Crippen LogP contribution < -0.4 is 5.32 Å². The van der Waals surface area contributed by atoms with E-state index in [9.17, 15) is 14.9 Å². The average molecular weight is 451 g/mol. The van der Waals surface area contributed by atoms with Crippen molar-refractivity contribution in [1.29, 1.82) is 0 Å². The molecule has 0 bridgehead atoms. The highest BCUT2D eigenvalue weighted by molar-refractivity contribution is 6.42. The van der Waals surface area contributed by atoms with E-state index < -0.39 is 4.92 Å². The van der Waals surface area contributed by atoms with Crippen molar-refractivity contribution in [2.24, 2.45) is 0 Å². The second kappa shape index (κ2) is 8.45. The first-order valence-corrected chi connectivity index (χ1v) is 9.80. The van der Waals surface area contributed by atoms with Gasteiger partial charge in [-0.05, 0) is 45.4 Å². The summed E-state index contributed by atoms with van der Waals surface area (Å²) in [6.07, 6.45) is 0. The van der Waals surface area contributed by atoms with Gasteiger partial charge in [0, 0.05) is 0 Å². The number of halogens is 2. The molecule has 3 aromatic rings. The topological polar surface area (TPSA) is 108 Å². The van der Waals surface area contributed by atoms with Crippen LogP contribution in [0.4, 0.5) is 11.4 Å². The molecule has 0 radical (unpaired) electrons. The molecule has 1 N–H and O–H groups in total. The maximum atomic E-state index is 12.6. The molecule has 30 heavy (non-hydrogen) atoms. The average Bonchev–Trinajstić information content (AvgIpc) is 3.08. The van der Waals surface area contributed by atoms with Gasteiger partial charge in [0.05, 0.1) is 38.6 Å². The van der Waals surface area contributed by atoms with Crippen LogP contribution in [-0.4, -0.2) is 30.4 Å². The molecule has 1 aromatic carbocycles. The molecule has 0 unspecified atom stereocenters. The fourth-order valence-electron chi connectivity index (χ4n) is 3.26. The highest BCUT2D eigenvalue weighted by Crippen LogP contribution is 2.25. The standard InChI is InChI=1S/C19H20Cl2N6O3/c1-10-18(12(3)25(23-10)8-14-5-6-15(20)16(21)7-14)22-17(28)9-26-13(4)19(27(29)30)11(2)24-26/h5-7H,8-9H2,1-4H3,(H,22,28). The molecular formula is C19H20Cl2N6O3. The maximum absolute atomic E-state index is 12.6. The number of aryl methyl sites for hydroxylation is 2. The van der Waals surface area contributed by atoms with Gasteiger partial charge < -0.3 is 5.32 Å². The van der Waals surface area contributed by atoms with Gasteiger partial charge in [0.1, 0.15) is 17.9 Å². The van der Waals surface area contributed by atoms with Gasteiger partial charge in [-0.1, -0.05) is 29.3 Å². The van der Waals surface area contributed by atoms with Crippen molar-refractivity contribution in [3.05, 3.63) is 66.7 Å². The van der Waals surface area contributed by atoms with Crippen molar-refractivity contribution in [3.63, 3.8) is 0 Å². The summed E-state index contributed by atoms with van der Waals surface area (Å²) in [5.41, 5.74) is 3.46. The van der Waals surface area contributed by atoms with E-state index in [0.29, 0.717) is 33.7 Å². The molecule has 158 valence electrons. The Labute approximate surface area is 182 Å². The minimum Gasteiger partial charge on any atom is -0.321 e. The summed E-state index contributed by atoms with van der Waals surface area (Å²) in [6, 6.07) is 5.36. The normalized spacial score (nSPS) is 11.0. The molecule has 3 rings (SSSR count). The lowest BCUT2D eigenvalue weighted by Gasteiger charge is -2.09. The number of nitrogens with one attached hydrogen (secondary N) is 1. The van der Waals surface area contributed by atoms with Gasteiger partial charge in [0.25, 0.3) is 0 Å². The molecule has 11 heteroatoms. The van der Waals surface area contributed by atoms with Crippen LogP contribution >= 0.6 is 23.2 Å². The number of nitrogens with zero attached hydrogens (tertiary/aromatic N) is 5. The zero-order valence-electron chi connectivity index (χ0n) is 16.9. The Bertz CT molecular complexity index is 1150. The van der Waals surface area contributed by atoms with Crippen molar-refractivity contribution in [2.75, 3.05) is 5.32 Å². The Balaban J connectivity index is 1.77. The lowest BCUT2D eigenvalue weighted by Crippen LogP contribution is -2.21. The highest BCUT2D eigenvalue weighted by Gasteiger charge is 2.23. The number of amides is 1. The highest BCUT2D eigenvalue weighted by atomic mass is 35.5. The molecule has 0 saturated heterocycles. The number of nitro groups is 1. The van der Waals surface area contributed by atoms with Gasteiger partial charge in [-0.15, -0.1) is 0 Å². The van der Waals surface area contributed by atoms with Crippen LogP contribution in [0, 0.1) is 37.8 Å². The van der Waals surface area contributed by atoms with E-state index in [4.69, 9.17) is 23.2 Å². The van der Waals surface area contributed by atoms with E-state index in [1.165, 1.54) is 4.68 Å². The Morgan fingerprint density at radius 1 is 1.07 bits per heavy atom. The molecule has 0 spiro atoms. The van der Waals surface area contributed by atoms with E-state index in [1.807, 2.05) is 13.0 Å². The fourth-order valence-corrected chi connectivity index (χ4v) is 3.58. The van der Waals surface area contributed by atoms with Crippen molar-refractivity contribution in [1.82, 2.24) is 19.6 Å². The largest absolute Gasteiger partial charge is 0.321 e. The van der Waals surface area contributed by atoms with Crippen molar-refractivity contribution in [3.8, 4) is 0 Å². The number of rotatable bonds is 6. The number of benzene rings is 1. The summed E-state index contributed by atoms with van der Waals surface area (Å²) in [7, 11) is 0. The molecule has 2 aromatic heterocycles. The molecular weight excluding hydrogens is 431 g/mol. The molecule has 0 saturated carbocycles. The van der Waals surface area contributed by atoms with Crippen LogP contribution in [0.3, 0.4) is 0 Å². The van der Waals surface area contributed by atoms with Gasteiger partial charge >= 0.3 is 5.69 Å². The quantitative estimate of drug-likeness (QED) is 0.446. The predicted octanol–water partition coefficient (Wildman–Crippen LogP) is 4.22. The van der Waals surface area contributed by atoms with E-state index in [0.717, 1.165) is 11.3 Å². The van der Waals surface area contributed by atoms with Gasteiger partial charge in [0.15, 0.2) is 0 Å². The number of hydrogen-bond donors (Lipinski definition) is 1. The first-order chi connectivity index (χ1) is 14.1. The van der Waals surface area contributed by atoms with Crippen molar-refractivity contribution in [2.45, 2.75) is 40.8 Å². The Morgan fingerprint density at radius 3 is 2.33 bits per heavy atom. The number of anilines is 1. The molecule has 0 fully saturated rings. The zero-order valence-corrected chi connectivity index (χ0v) is 18.4. The van der Waals surface area contributed by atoms with Gasteiger partial charge in [0.2, 0.25) is 5.91 Å². The number of carbonyl (C=O) groups is 1. The Hall–Kier alpha value is -2.91. The molecule has 2 heterocycles. The predicted molar refractivity (Wildman–Crippen MR) is 114 cm³/mol. The molecule has 0 aliphatic heterocycles. The number of hydrogen-bond acceptors (Lipinski definition) is 5. The second-order valence-electron chi connectivity index (χ2n) is 6.93. The van der Waals surface area contributed by atoms with Gasteiger partial charge in [-0.25, -0.2) is 0 Å². The van der Waals surface area contributed by atoms with Gasteiger partial charge in [-0.2, -0.15) is 10.2 Å². The van der Waals surface area contributed by atoms with Crippen LogP contribution in [0.5, 0.6) is 0 Å². The van der Waals surface area contributed by atoms with Gasteiger partial charge in [-0.3, -0.25) is 24.3 Å². The van der Waals surface area contributed by atoms with Crippen LogP contribution in [0.25, 0.3) is 0 Å². The molecule has 9 nitrogen and oxygen atoms in total. The zero-order chi connectivity index (χ0) is 22.2. The number of carbonyl (C=O) groups excluding carboxylic acids is 1. The lowest BCUT2D eigenvalue weighted by atomic mass is 10.2. The molecule has 1 amide bonds. The summed E-state index contributed by atoms with van der Waals surface area (Å²) in [6.45, 7) is 7.07. The van der Waals surface area contributed by atoms with Crippen molar-refractivity contribution < 1.29 is 9.72 Å². The minimum absolute atomic E-state index is 0.0791. The first kappa shape index (κ1) is 21.8. The maximum Gasteiger partial charge on any atom is 0.312 e. The van der Waals surface area contributed by atoms with E-state index in [1.54, 1.807) is 37.6 Å². The Kier molecular flexibility index (Phi) is 6.14. The fraction of sp³-hybridized carbons (Fsp3) is 0.316. The van der Waals surface area contributed by atoms with Crippen LogP contribution in [-0.2, 0) is 17.9 Å². The monoisotopic (exact) mass is 450 g/mol. The summed E-state index contributed by atoms with van der Waals surface area (Å²) < 4.78 is 3.09. The van der Waals surface area contributed by atoms with Crippen LogP contribution in [0.2, 0.25) is 10.0 Å². The molecule has 0 aliphatic rings. The molecule has 0 aliphatic carbocycles. The number of aromatic nitrogens is 4. The van der Waals surface area contributed by atoms with Crippen molar-refractivity contribution >= 4 is 40.5 Å². The van der Waals surface area contributed by atoms with E-state index in [-0.39, 0.29) is 23.8 Å². The lowest BCUT2D eigenvalue weighted by molar-refractivity contribution is -0.386. The SMILES string of the molecule is Cc1nn(Cc2ccc(Cl)c(Cl)c2)c(C)c1NC(=O)Cn1nc(C)c([N+](=O)[O-])c1C. The minimum atomic E-state index is -0.493. The summed E-state index contributed by atoms with van der Waals surface area (Å²) in [4.78, 5) is 23.2. The third-order valence-corrected chi connectivity index (χ3v) is 5.52. The first-order valence-electron chi connectivity index (χ1n) is 9.04. The molecule has 0 atom stereocenters. The summed E-state index contributed by atoms with van der Waals surface area (Å²) in [5.74, 6) is -0.351. The van der Waals surface area contributed by atoms with Crippen LogP contribution in [0.1, 0.15) is 28.3 Å². The van der Waals surface area contributed by atoms with E-state index >= 15 is 0 Å². The summed E-state index contributed by atoms with van der Waals surface area (Å²) in [5, 5.41) is 23.5. The second-order valence-corrected chi connectivity index (χ2v) is 7.75.